The molecule has 1 atom stereocenters. The van der Waals surface area contributed by atoms with E-state index in [1.54, 1.807) is 7.05 Å². The minimum Gasteiger partial charge on any atom is -0.314 e. The summed E-state index contributed by atoms with van der Waals surface area (Å²) in [5, 5.41) is 13.6. The number of hydrogen-bond donors (Lipinski definition) is 2. The number of likely N-dealkylation sites (N-methyl/N-ethyl adjacent to an activating group) is 1. The molecule has 0 bridgehead atoms. The molecule has 0 amide bonds. The van der Waals surface area contributed by atoms with Gasteiger partial charge in [0.05, 0.1) is 0 Å². The highest BCUT2D eigenvalue weighted by Crippen LogP contribution is 1.97. The van der Waals surface area contributed by atoms with Gasteiger partial charge in [-0.15, -0.1) is 0 Å². The lowest BCUT2D eigenvalue weighted by atomic mass is 10.2. The molecule has 1 aromatic rings. The van der Waals surface area contributed by atoms with E-state index in [0.717, 1.165) is 13.1 Å². The summed E-state index contributed by atoms with van der Waals surface area (Å²) in [5.74, 6) is 0. The SMILES string of the molecule is CC(CNCc1ccccc1)N(C)O. The zero-order valence-electron chi connectivity index (χ0n) is 8.77. The van der Waals surface area contributed by atoms with E-state index in [1.165, 1.54) is 10.6 Å². The summed E-state index contributed by atoms with van der Waals surface area (Å²) >= 11 is 0. The van der Waals surface area contributed by atoms with Gasteiger partial charge in [-0.1, -0.05) is 30.3 Å². The number of nitrogens with one attached hydrogen (secondary N) is 1. The Hall–Kier alpha value is -0.900. The summed E-state index contributed by atoms with van der Waals surface area (Å²) in [6.07, 6.45) is 0. The van der Waals surface area contributed by atoms with Gasteiger partial charge in [0.15, 0.2) is 0 Å². The fraction of sp³-hybridized carbons (Fsp3) is 0.455. The van der Waals surface area contributed by atoms with Crippen LogP contribution in [0.25, 0.3) is 0 Å². The highest BCUT2D eigenvalue weighted by atomic mass is 16.5. The van der Waals surface area contributed by atoms with Crippen molar-refractivity contribution < 1.29 is 5.21 Å². The number of benzene rings is 1. The third-order valence-corrected chi connectivity index (χ3v) is 2.25. The Morgan fingerprint density at radius 1 is 1.36 bits per heavy atom. The van der Waals surface area contributed by atoms with E-state index < -0.39 is 0 Å². The highest BCUT2D eigenvalue weighted by molar-refractivity contribution is 5.14. The Morgan fingerprint density at radius 3 is 2.57 bits per heavy atom. The van der Waals surface area contributed by atoms with E-state index in [9.17, 15) is 0 Å². The summed E-state index contributed by atoms with van der Waals surface area (Å²) < 4.78 is 0. The Bertz CT molecular complexity index is 249. The maximum absolute atomic E-state index is 9.11. The van der Waals surface area contributed by atoms with Crippen molar-refractivity contribution in [1.29, 1.82) is 0 Å². The molecule has 0 heterocycles. The first-order valence-corrected chi connectivity index (χ1v) is 4.86. The molecule has 0 saturated heterocycles. The molecule has 14 heavy (non-hydrogen) atoms. The van der Waals surface area contributed by atoms with Gasteiger partial charge in [0.25, 0.3) is 0 Å². The van der Waals surface area contributed by atoms with E-state index in [2.05, 4.69) is 17.4 Å². The number of nitrogens with zero attached hydrogens (tertiary/aromatic N) is 1. The van der Waals surface area contributed by atoms with Crippen molar-refractivity contribution in [3.8, 4) is 0 Å². The molecule has 0 aromatic heterocycles. The van der Waals surface area contributed by atoms with Crippen LogP contribution in [-0.4, -0.2) is 29.9 Å². The van der Waals surface area contributed by atoms with Gasteiger partial charge in [-0.3, -0.25) is 0 Å². The van der Waals surface area contributed by atoms with E-state index in [4.69, 9.17) is 5.21 Å². The average molecular weight is 194 g/mol. The van der Waals surface area contributed by atoms with Crippen LogP contribution < -0.4 is 5.32 Å². The van der Waals surface area contributed by atoms with Crippen molar-refractivity contribution in [2.75, 3.05) is 13.6 Å². The quantitative estimate of drug-likeness (QED) is 0.697. The van der Waals surface area contributed by atoms with Crippen LogP contribution in [0.15, 0.2) is 30.3 Å². The van der Waals surface area contributed by atoms with Crippen LogP contribution in [0.4, 0.5) is 0 Å². The minimum atomic E-state index is 0.138. The van der Waals surface area contributed by atoms with Gasteiger partial charge in [-0.05, 0) is 12.5 Å². The zero-order chi connectivity index (χ0) is 10.4. The molecule has 0 saturated carbocycles. The first-order chi connectivity index (χ1) is 6.70. The van der Waals surface area contributed by atoms with Crippen molar-refractivity contribution in [2.45, 2.75) is 19.5 Å². The monoisotopic (exact) mass is 194 g/mol. The Labute approximate surface area is 85.3 Å². The molecule has 0 aliphatic rings. The standard InChI is InChI=1S/C11H18N2O/c1-10(13(2)14)8-12-9-11-6-4-3-5-7-11/h3-7,10,12,14H,8-9H2,1-2H3. The highest BCUT2D eigenvalue weighted by Gasteiger charge is 2.04. The van der Waals surface area contributed by atoms with Crippen molar-refractivity contribution in [1.82, 2.24) is 10.4 Å². The summed E-state index contributed by atoms with van der Waals surface area (Å²) in [6, 6.07) is 10.4. The molecule has 78 valence electrons. The van der Waals surface area contributed by atoms with Gasteiger partial charge in [0.2, 0.25) is 0 Å². The molecule has 3 nitrogen and oxygen atoms in total. The Kier molecular flexibility index (Phi) is 4.59. The number of rotatable bonds is 5. The first-order valence-electron chi connectivity index (χ1n) is 4.86. The summed E-state index contributed by atoms with van der Waals surface area (Å²) in [7, 11) is 1.66. The Balaban J connectivity index is 2.22. The van der Waals surface area contributed by atoms with Gasteiger partial charge in [-0.2, -0.15) is 5.06 Å². The lowest BCUT2D eigenvalue weighted by Gasteiger charge is -2.18. The molecule has 1 rings (SSSR count). The van der Waals surface area contributed by atoms with Crippen molar-refractivity contribution in [2.24, 2.45) is 0 Å². The van der Waals surface area contributed by atoms with Crippen LogP contribution in [-0.2, 0) is 6.54 Å². The van der Waals surface area contributed by atoms with E-state index in [1.807, 2.05) is 25.1 Å². The summed E-state index contributed by atoms with van der Waals surface area (Å²) in [4.78, 5) is 0. The van der Waals surface area contributed by atoms with E-state index in [-0.39, 0.29) is 6.04 Å². The third-order valence-electron chi connectivity index (χ3n) is 2.25. The smallest absolute Gasteiger partial charge is 0.0443 e. The first kappa shape index (κ1) is 11.2. The van der Waals surface area contributed by atoms with Gasteiger partial charge < -0.3 is 10.5 Å². The van der Waals surface area contributed by atoms with Crippen LogP contribution in [0.3, 0.4) is 0 Å². The predicted octanol–water partition coefficient (Wildman–Crippen LogP) is 1.49. The lowest BCUT2D eigenvalue weighted by molar-refractivity contribution is -0.0957. The lowest BCUT2D eigenvalue weighted by Crippen LogP contribution is -2.35. The second-order valence-electron chi connectivity index (χ2n) is 3.54. The van der Waals surface area contributed by atoms with Gasteiger partial charge in [0, 0.05) is 26.2 Å². The van der Waals surface area contributed by atoms with Crippen LogP contribution in [0.5, 0.6) is 0 Å². The van der Waals surface area contributed by atoms with E-state index in [0.29, 0.717) is 0 Å². The molecular formula is C11H18N2O. The van der Waals surface area contributed by atoms with Crippen molar-refractivity contribution in [3.63, 3.8) is 0 Å². The molecule has 0 radical (unpaired) electrons. The molecule has 3 heteroatoms. The van der Waals surface area contributed by atoms with Gasteiger partial charge in [-0.25, -0.2) is 0 Å². The van der Waals surface area contributed by atoms with Crippen molar-refractivity contribution in [3.05, 3.63) is 35.9 Å². The zero-order valence-corrected chi connectivity index (χ0v) is 8.77. The normalized spacial score (nSPS) is 13.1. The van der Waals surface area contributed by atoms with Gasteiger partial charge >= 0.3 is 0 Å². The number of hydrogen-bond acceptors (Lipinski definition) is 3. The molecule has 0 aliphatic carbocycles. The van der Waals surface area contributed by atoms with Gasteiger partial charge in [0.1, 0.15) is 0 Å². The predicted molar refractivity (Wildman–Crippen MR) is 57.2 cm³/mol. The molecule has 0 aliphatic heterocycles. The largest absolute Gasteiger partial charge is 0.314 e. The van der Waals surface area contributed by atoms with E-state index >= 15 is 0 Å². The third kappa shape index (κ3) is 3.87. The number of hydroxylamine groups is 2. The van der Waals surface area contributed by atoms with Crippen LogP contribution in [0.2, 0.25) is 0 Å². The van der Waals surface area contributed by atoms with Crippen LogP contribution in [0.1, 0.15) is 12.5 Å². The average Bonchev–Trinajstić information content (AvgIpc) is 2.19. The fourth-order valence-electron chi connectivity index (χ4n) is 1.15. The molecular weight excluding hydrogens is 176 g/mol. The molecule has 2 N–H and O–H groups in total. The Morgan fingerprint density at radius 2 is 2.00 bits per heavy atom. The fourth-order valence-corrected chi connectivity index (χ4v) is 1.15. The van der Waals surface area contributed by atoms with Crippen LogP contribution >= 0.6 is 0 Å². The molecule has 1 aromatic carbocycles. The maximum Gasteiger partial charge on any atom is 0.0443 e. The van der Waals surface area contributed by atoms with Crippen LogP contribution in [0, 0.1) is 0 Å². The topological polar surface area (TPSA) is 35.5 Å². The second-order valence-corrected chi connectivity index (χ2v) is 3.54. The summed E-state index contributed by atoms with van der Waals surface area (Å²) in [5.41, 5.74) is 1.26. The molecule has 0 spiro atoms. The molecule has 0 fully saturated rings. The maximum atomic E-state index is 9.11. The second kappa shape index (κ2) is 5.75. The minimum absolute atomic E-state index is 0.138. The molecule has 1 unspecified atom stereocenters. The summed E-state index contributed by atoms with van der Waals surface area (Å²) in [6.45, 7) is 3.60. The van der Waals surface area contributed by atoms with Crippen molar-refractivity contribution >= 4 is 0 Å².